The highest BCUT2D eigenvalue weighted by molar-refractivity contribution is 5.79. The Morgan fingerprint density at radius 2 is 1.82 bits per heavy atom. The molecule has 0 aliphatic heterocycles. The normalized spacial score (nSPS) is 16.0. The van der Waals surface area contributed by atoms with Gasteiger partial charge in [-0.2, -0.15) is 0 Å². The first-order valence-electron chi connectivity index (χ1n) is 5.10. The fraction of sp³-hybridized carbons (Fsp3) is 0.417. The molecule has 2 atom stereocenters. The number of esters is 1. The molecule has 1 aromatic rings. The van der Waals surface area contributed by atoms with E-state index in [1.165, 1.54) is 21.3 Å². The molecule has 0 bridgehead atoms. The Labute approximate surface area is 100 Å². The van der Waals surface area contributed by atoms with Crippen molar-refractivity contribution in [2.45, 2.75) is 11.8 Å². The van der Waals surface area contributed by atoms with Crippen LogP contribution in [-0.4, -0.2) is 33.0 Å². The number of methoxy groups -OCH3 is 3. The fourth-order valence-corrected chi connectivity index (χ4v) is 1.64. The van der Waals surface area contributed by atoms with E-state index in [1.54, 1.807) is 12.1 Å². The zero-order chi connectivity index (χ0) is 12.9. The van der Waals surface area contributed by atoms with Gasteiger partial charge in [0.15, 0.2) is 0 Å². The maximum atomic E-state index is 11.7. The lowest BCUT2D eigenvalue weighted by Crippen LogP contribution is -2.55. The summed E-state index contributed by atoms with van der Waals surface area (Å²) < 4.78 is 15.0. The van der Waals surface area contributed by atoms with E-state index in [4.69, 9.17) is 15.2 Å². The number of ether oxygens (including phenoxy) is 3. The largest absolute Gasteiger partial charge is 0.466 e. The third-order valence-corrected chi connectivity index (χ3v) is 2.57. The maximum absolute atomic E-state index is 11.7. The lowest BCUT2D eigenvalue weighted by molar-refractivity contribution is -0.184. The van der Waals surface area contributed by atoms with Crippen LogP contribution >= 0.6 is 0 Å². The van der Waals surface area contributed by atoms with Crippen molar-refractivity contribution in [3.63, 3.8) is 0 Å². The Kier molecular flexibility index (Phi) is 4.62. The van der Waals surface area contributed by atoms with E-state index in [2.05, 4.69) is 4.74 Å². The molecule has 94 valence electrons. The van der Waals surface area contributed by atoms with Crippen LogP contribution in [0.1, 0.15) is 11.7 Å². The molecule has 0 heterocycles. The summed E-state index contributed by atoms with van der Waals surface area (Å²) in [6.07, 6.45) is -0.735. The number of hydrogen-bond acceptors (Lipinski definition) is 5. The lowest BCUT2D eigenvalue weighted by Gasteiger charge is -2.32. The predicted molar refractivity (Wildman–Crippen MR) is 62.1 cm³/mol. The molecule has 1 unspecified atom stereocenters. The van der Waals surface area contributed by atoms with Gasteiger partial charge in [0, 0.05) is 14.2 Å². The maximum Gasteiger partial charge on any atom is 0.356 e. The van der Waals surface area contributed by atoms with Gasteiger partial charge in [0.1, 0.15) is 6.10 Å². The molecule has 0 saturated heterocycles. The number of nitrogens with two attached hydrogens (primary N) is 1. The van der Waals surface area contributed by atoms with Crippen molar-refractivity contribution in [1.29, 1.82) is 0 Å². The summed E-state index contributed by atoms with van der Waals surface area (Å²) in [4.78, 5) is 11.7. The Balaban J connectivity index is 3.12. The molecule has 5 heteroatoms. The molecule has 1 aromatic carbocycles. The monoisotopic (exact) mass is 239 g/mol. The molecule has 5 nitrogen and oxygen atoms in total. The van der Waals surface area contributed by atoms with Crippen LogP contribution in [-0.2, 0) is 19.0 Å². The summed E-state index contributed by atoms with van der Waals surface area (Å²) in [6, 6.07) is 9.12. The Bertz CT molecular complexity index is 368. The number of hydrogen-bond donors (Lipinski definition) is 1. The van der Waals surface area contributed by atoms with Crippen molar-refractivity contribution in [2.75, 3.05) is 21.3 Å². The van der Waals surface area contributed by atoms with E-state index in [0.717, 1.165) is 5.56 Å². The fourth-order valence-electron chi connectivity index (χ4n) is 1.64. The van der Waals surface area contributed by atoms with Gasteiger partial charge in [-0.05, 0) is 5.56 Å². The van der Waals surface area contributed by atoms with Crippen LogP contribution < -0.4 is 5.73 Å². The van der Waals surface area contributed by atoms with E-state index in [9.17, 15) is 4.79 Å². The van der Waals surface area contributed by atoms with Gasteiger partial charge in [-0.1, -0.05) is 30.3 Å². The molecule has 0 aliphatic rings. The number of rotatable bonds is 5. The van der Waals surface area contributed by atoms with Crippen LogP contribution in [0.25, 0.3) is 0 Å². The van der Waals surface area contributed by atoms with E-state index in [-0.39, 0.29) is 0 Å². The summed E-state index contributed by atoms with van der Waals surface area (Å²) >= 11 is 0. The van der Waals surface area contributed by atoms with Gasteiger partial charge >= 0.3 is 5.97 Å². The van der Waals surface area contributed by atoms with Crippen molar-refractivity contribution < 1.29 is 19.0 Å². The Morgan fingerprint density at radius 1 is 1.24 bits per heavy atom. The summed E-state index contributed by atoms with van der Waals surface area (Å²) in [5, 5.41) is 0. The van der Waals surface area contributed by atoms with Crippen molar-refractivity contribution in [3.05, 3.63) is 35.9 Å². The first-order valence-corrected chi connectivity index (χ1v) is 5.10. The highest BCUT2D eigenvalue weighted by Gasteiger charge is 2.45. The number of carbonyl (C=O) groups is 1. The second kappa shape index (κ2) is 5.77. The first kappa shape index (κ1) is 13.6. The van der Waals surface area contributed by atoms with Crippen molar-refractivity contribution >= 4 is 5.97 Å². The highest BCUT2D eigenvalue weighted by atomic mass is 16.6. The molecule has 0 amide bonds. The third kappa shape index (κ3) is 2.63. The van der Waals surface area contributed by atoms with Crippen LogP contribution in [0.15, 0.2) is 30.3 Å². The van der Waals surface area contributed by atoms with E-state index in [0.29, 0.717) is 0 Å². The summed E-state index contributed by atoms with van der Waals surface area (Å²) in [6.45, 7) is 0. The van der Waals surface area contributed by atoms with Crippen molar-refractivity contribution in [3.8, 4) is 0 Å². The smallest absolute Gasteiger partial charge is 0.356 e. The van der Waals surface area contributed by atoms with Gasteiger partial charge in [-0.25, -0.2) is 4.79 Å². The van der Waals surface area contributed by atoms with Gasteiger partial charge in [0.2, 0.25) is 5.72 Å². The van der Waals surface area contributed by atoms with E-state index >= 15 is 0 Å². The van der Waals surface area contributed by atoms with Gasteiger partial charge in [-0.15, -0.1) is 0 Å². The third-order valence-electron chi connectivity index (χ3n) is 2.57. The quantitative estimate of drug-likeness (QED) is 0.609. The van der Waals surface area contributed by atoms with Crippen molar-refractivity contribution in [1.82, 2.24) is 0 Å². The van der Waals surface area contributed by atoms with Crippen LogP contribution in [0.4, 0.5) is 0 Å². The van der Waals surface area contributed by atoms with Crippen LogP contribution in [0.2, 0.25) is 0 Å². The zero-order valence-electron chi connectivity index (χ0n) is 10.2. The summed E-state index contributed by atoms with van der Waals surface area (Å²) in [5.74, 6) is -0.685. The molecule has 0 radical (unpaired) electrons. The Morgan fingerprint density at radius 3 is 2.24 bits per heavy atom. The molecule has 0 saturated carbocycles. The molecule has 0 aromatic heterocycles. The number of carbonyl (C=O) groups excluding carboxylic acids is 1. The minimum absolute atomic E-state index is 0.685. The lowest BCUT2D eigenvalue weighted by atomic mass is 9.99. The minimum Gasteiger partial charge on any atom is -0.466 e. The van der Waals surface area contributed by atoms with Gasteiger partial charge in [0.25, 0.3) is 0 Å². The zero-order valence-corrected chi connectivity index (χ0v) is 10.2. The van der Waals surface area contributed by atoms with Crippen LogP contribution in [0.5, 0.6) is 0 Å². The van der Waals surface area contributed by atoms with Crippen LogP contribution in [0, 0.1) is 0 Å². The van der Waals surface area contributed by atoms with Gasteiger partial charge in [0.05, 0.1) is 7.11 Å². The van der Waals surface area contributed by atoms with Gasteiger partial charge in [-0.3, -0.25) is 5.73 Å². The second-order valence-corrected chi connectivity index (χ2v) is 3.52. The van der Waals surface area contributed by atoms with E-state index in [1.807, 2.05) is 18.2 Å². The average Bonchev–Trinajstić information content (AvgIpc) is 2.39. The predicted octanol–water partition coefficient (Wildman–Crippen LogP) is 0.848. The molecular formula is C12H17NO4. The second-order valence-electron chi connectivity index (χ2n) is 3.52. The molecular weight excluding hydrogens is 222 g/mol. The van der Waals surface area contributed by atoms with Crippen LogP contribution in [0.3, 0.4) is 0 Å². The summed E-state index contributed by atoms with van der Waals surface area (Å²) in [5.41, 5.74) is 5.00. The molecule has 0 aliphatic carbocycles. The summed E-state index contributed by atoms with van der Waals surface area (Å²) in [7, 11) is 4.05. The molecule has 0 fully saturated rings. The average molecular weight is 239 g/mol. The topological polar surface area (TPSA) is 70.8 Å². The SMILES string of the molecule is COC(=O)[C@](N)(OC)C(OC)c1ccccc1. The first-order chi connectivity index (χ1) is 8.10. The molecule has 2 N–H and O–H groups in total. The van der Waals surface area contributed by atoms with Crippen molar-refractivity contribution in [2.24, 2.45) is 5.73 Å². The molecule has 17 heavy (non-hydrogen) atoms. The number of benzene rings is 1. The Hall–Kier alpha value is -1.43. The molecule has 1 rings (SSSR count). The minimum atomic E-state index is -1.66. The van der Waals surface area contributed by atoms with Gasteiger partial charge < -0.3 is 14.2 Å². The highest BCUT2D eigenvalue weighted by Crippen LogP contribution is 2.28. The standard InChI is InChI=1S/C12H17NO4/c1-15-10(9-7-5-4-6-8-9)12(13,17-3)11(14)16-2/h4-8,10H,13H2,1-3H3/t10?,12-/m1/s1. The van der Waals surface area contributed by atoms with E-state index < -0.39 is 17.8 Å². The molecule has 0 spiro atoms.